The molecule has 3 amide bonds. The van der Waals surface area contributed by atoms with Gasteiger partial charge in [0.2, 0.25) is 5.91 Å². The zero-order valence-electron chi connectivity index (χ0n) is 18.9. The van der Waals surface area contributed by atoms with Crippen molar-refractivity contribution in [3.63, 3.8) is 0 Å². The molecule has 0 fully saturated rings. The van der Waals surface area contributed by atoms with Gasteiger partial charge >= 0.3 is 6.03 Å². The molecule has 0 unspecified atom stereocenters. The highest BCUT2D eigenvalue weighted by Gasteiger charge is 2.22. The second-order valence-electron chi connectivity index (χ2n) is 8.74. The Balaban J connectivity index is 2.11. The van der Waals surface area contributed by atoms with E-state index in [0.717, 1.165) is 5.69 Å². The molecular formula is C22H33N5O3. The number of amides is 3. The van der Waals surface area contributed by atoms with E-state index < -0.39 is 0 Å². The van der Waals surface area contributed by atoms with Crippen LogP contribution in [-0.4, -0.2) is 46.8 Å². The van der Waals surface area contributed by atoms with E-state index in [1.165, 1.54) is 4.90 Å². The van der Waals surface area contributed by atoms with Crippen molar-refractivity contribution in [2.45, 2.75) is 40.0 Å². The molecule has 0 radical (unpaired) electrons. The topological polar surface area (TPSA) is 88.5 Å². The Kier molecular flexibility index (Phi) is 7.48. The molecule has 1 aromatic carbocycles. The zero-order chi connectivity index (χ0) is 22.5. The van der Waals surface area contributed by atoms with E-state index in [-0.39, 0.29) is 29.8 Å². The van der Waals surface area contributed by atoms with Gasteiger partial charge in [-0.3, -0.25) is 9.48 Å². The second-order valence-corrected chi connectivity index (χ2v) is 8.74. The Hall–Kier alpha value is -3.03. The third-order valence-corrected chi connectivity index (χ3v) is 4.47. The van der Waals surface area contributed by atoms with E-state index in [1.54, 1.807) is 31.0 Å². The monoisotopic (exact) mass is 415 g/mol. The van der Waals surface area contributed by atoms with Crippen molar-refractivity contribution in [1.82, 2.24) is 14.7 Å². The maximum absolute atomic E-state index is 12.9. The summed E-state index contributed by atoms with van der Waals surface area (Å²) in [6.45, 7) is 10.5. The van der Waals surface area contributed by atoms with Gasteiger partial charge in [-0.2, -0.15) is 5.10 Å². The van der Waals surface area contributed by atoms with Crippen molar-refractivity contribution in [2.24, 2.45) is 13.0 Å². The molecule has 8 heteroatoms. The maximum atomic E-state index is 12.9. The number of urea groups is 1. The number of aromatic nitrogens is 2. The van der Waals surface area contributed by atoms with Crippen LogP contribution in [-0.2, 0) is 17.3 Å². The van der Waals surface area contributed by atoms with Gasteiger partial charge in [0.05, 0.1) is 18.5 Å². The number of nitrogens with zero attached hydrogens (tertiary/aromatic N) is 3. The number of carbonyl (C=O) groups excluding carboxylic acids is 2. The van der Waals surface area contributed by atoms with Gasteiger partial charge in [0, 0.05) is 25.1 Å². The van der Waals surface area contributed by atoms with Crippen LogP contribution >= 0.6 is 0 Å². The van der Waals surface area contributed by atoms with Gasteiger partial charge in [-0.15, -0.1) is 0 Å². The van der Waals surface area contributed by atoms with Crippen molar-refractivity contribution < 1.29 is 14.3 Å². The van der Waals surface area contributed by atoms with Crippen molar-refractivity contribution in [3.05, 3.63) is 36.0 Å². The number of methoxy groups -OCH3 is 1. The second kappa shape index (κ2) is 9.65. The highest BCUT2D eigenvalue weighted by Crippen LogP contribution is 2.24. The minimum atomic E-state index is -0.358. The Morgan fingerprint density at radius 3 is 2.43 bits per heavy atom. The normalized spacial score (nSPS) is 11.3. The standard InChI is InChI=1S/C22H33N5O3/c1-15(2)13-27(21(29)23-16-10-8-9-11-17(16)30-7)14-20(28)24-19-12-18(22(3,4)5)25-26(19)6/h8-12,15H,13-14H2,1-7H3,(H,23,29)(H,24,28). The SMILES string of the molecule is COc1ccccc1NC(=O)N(CC(=O)Nc1cc(C(C)(C)C)nn1C)CC(C)C. The van der Waals surface area contributed by atoms with Crippen LogP contribution in [0.1, 0.15) is 40.3 Å². The number of ether oxygens (including phenoxy) is 1. The molecule has 1 aromatic heterocycles. The van der Waals surface area contributed by atoms with Crippen LogP contribution in [0.15, 0.2) is 30.3 Å². The molecule has 2 rings (SSSR count). The number of carbonyl (C=O) groups is 2. The summed E-state index contributed by atoms with van der Waals surface area (Å²) < 4.78 is 6.93. The van der Waals surface area contributed by atoms with E-state index in [1.807, 2.05) is 32.0 Å². The minimum Gasteiger partial charge on any atom is -0.495 e. The molecule has 0 aliphatic heterocycles. The first-order valence-corrected chi connectivity index (χ1v) is 10.0. The molecule has 2 N–H and O–H groups in total. The molecule has 1 heterocycles. The first kappa shape index (κ1) is 23.3. The third-order valence-electron chi connectivity index (χ3n) is 4.47. The third kappa shape index (κ3) is 6.23. The summed E-state index contributed by atoms with van der Waals surface area (Å²) in [6.07, 6.45) is 0. The fraction of sp³-hybridized carbons (Fsp3) is 0.500. The van der Waals surface area contributed by atoms with Crippen molar-refractivity contribution in [3.8, 4) is 5.75 Å². The van der Waals surface area contributed by atoms with Gasteiger partial charge in [0.15, 0.2) is 0 Å². The van der Waals surface area contributed by atoms with Crippen LogP contribution < -0.4 is 15.4 Å². The van der Waals surface area contributed by atoms with Crippen LogP contribution in [0.4, 0.5) is 16.3 Å². The first-order chi connectivity index (χ1) is 14.0. The fourth-order valence-electron chi connectivity index (χ4n) is 2.91. The minimum absolute atomic E-state index is 0.0742. The summed E-state index contributed by atoms with van der Waals surface area (Å²) in [6, 6.07) is 8.67. The molecule has 0 bridgehead atoms. The van der Waals surface area contributed by atoms with Gasteiger partial charge < -0.3 is 20.3 Å². The van der Waals surface area contributed by atoms with Crippen LogP contribution in [0, 0.1) is 5.92 Å². The smallest absolute Gasteiger partial charge is 0.322 e. The zero-order valence-corrected chi connectivity index (χ0v) is 18.9. The van der Waals surface area contributed by atoms with E-state index in [4.69, 9.17) is 4.74 Å². The van der Waals surface area contributed by atoms with Crippen molar-refractivity contribution in [1.29, 1.82) is 0 Å². The van der Waals surface area contributed by atoms with Gasteiger partial charge in [0.25, 0.3) is 0 Å². The number of aryl methyl sites for hydroxylation is 1. The summed E-state index contributed by atoms with van der Waals surface area (Å²) in [7, 11) is 3.33. The Labute approximate surface area is 178 Å². The van der Waals surface area contributed by atoms with E-state index >= 15 is 0 Å². The summed E-state index contributed by atoms with van der Waals surface area (Å²) in [5.74, 6) is 1.07. The predicted molar refractivity (Wildman–Crippen MR) is 119 cm³/mol. The van der Waals surface area contributed by atoms with Crippen LogP contribution in [0.25, 0.3) is 0 Å². The summed E-state index contributed by atoms with van der Waals surface area (Å²) in [5.41, 5.74) is 1.31. The van der Waals surface area contributed by atoms with Crippen LogP contribution in [0.3, 0.4) is 0 Å². The van der Waals surface area contributed by atoms with Crippen molar-refractivity contribution >= 4 is 23.4 Å². The number of hydrogen-bond donors (Lipinski definition) is 2. The van der Waals surface area contributed by atoms with Gasteiger partial charge in [-0.1, -0.05) is 46.8 Å². The molecule has 0 aliphatic carbocycles. The maximum Gasteiger partial charge on any atom is 0.322 e. The molecule has 8 nitrogen and oxygen atoms in total. The number of anilines is 2. The number of benzene rings is 1. The molecular weight excluding hydrogens is 382 g/mol. The summed E-state index contributed by atoms with van der Waals surface area (Å²) >= 11 is 0. The molecule has 30 heavy (non-hydrogen) atoms. The van der Waals surface area contributed by atoms with Gasteiger partial charge in [-0.05, 0) is 18.1 Å². The molecule has 0 aliphatic rings. The van der Waals surface area contributed by atoms with Gasteiger partial charge in [-0.25, -0.2) is 4.79 Å². The van der Waals surface area contributed by atoms with Gasteiger partial charge in [0.1, 0.15) is 18.1 Å². The molecule has 164 valence electrons. The summed E-state index contributed by atoms with van der Waals surface area (Å²) in [4.78, 5) is 27.1. The predicted octanol–water partition coefficient (Wildman–Crippen LogP) is 3.85. The number of hydrogen-bond acceptors (Lipinski definition) is 4. The lowest BCUT2D eigenvalue weighted by Crippen LogP contribution is -2.42. The number of para-hydroxylation sites is 2. The van der Waals surface area contributed by atoms with E-state index in [2.05, 4.69) is 36.5 Å². The largest absolute Gasteiger partial charge is 0.495 e. The Morgan fingerprint density at radius 2 is 1.87 bits per heavy atom. The molecule has 0 saturated heterocycles. The average molecular weight is 416 g/mol. The molecule has 2 aromatic rings. The lowest BCUT2D eigenvalue weighted by molar-refractivity contribution is -0.116. The quantitative estimate of drug-likeness (QED) is 0.719. The van der Waals surface area contributed by atoms with Crippen molar-refractivity contribution in [2.75, 3.05) is 30.8 Å². The van der Waals surface area contributed by atoms with Crippen LogP contribution in [0.2, 0.25) is 0 Å². The van der Waals surface area contributed by atoms with E-state index in [9.17, 15) is 9.59 Å². The highest BCUT2D eigenvalue weighted by atomic mass is 16.5. The van der Waals surface area contributed by atoms with Crippen LogP contribution in [0.5, 0.6) is 5.75 Å². The Morgan fingerprint density at radius 1 is 1.20 bits per heavy atom. The molecule has 0 atom stereocenters. The Bertz CT molecular complexity index is 883. The number of rotatable bonds is 7. The number of nitrogens with one attached hydrogen (secondary N) is 2. The first-order valence-electron chi connectivity index (χ1n) is 10.0. The molecule has 0 spiro atoms. The summed E-state index contributed by atoms with van der Waals surface area (Å²) in [5, 5.41) is 10.2. The average Bonchev–Trinajstić information content (AvgIpc) is 3.02. The lowest BCUT2D eigenvalue weighted by atomic mass is 9.92. The molecule has 0 saturated carbocycles. The lowest BCUT2D eigenvalue weighted by Gasteiger charge is -2.24. The fourth-order valence-corrected chi connectivity index (χ4v) is 2.91. The highest BCUT2D eigenvalue weighted by molar-refractivity contribution is 5.97. The van der Waals surface area contributed by atoms with E-state index in [0.29, 0.717) is 23.8 Å².